The number of amides is 1. The summed E-state index contributed by atoms with van der Waals surface area (Å²) < 4.78 is 0. The molecule has 0 aromatic carbocycles. The summed E-state index contributed by atoms with van der Waals surface area (Å²) in [5, 5.41) is 12.3. The molecule has 0 bridgehead atoms. The number of rotatable bonds is 6. The molecule has 1 aromatic rings. The summed E-state index contributed by atoms with van der Waals surface area (Å²) in [7, 11) is 0. The third kappa shape index (κ3) is 4.33. The molecule has 18 heavy (non-hydrogen) atoms. The van der Waals surface area contributed by atoms with E-state index in [1.165, 1.54) is 18.5 Å². The van der Waals surface area contributed by atoms with Crippen molar-refractivity contribution in [2.75, 3.05) is 13.1 Å². The van der Waals surface area contributed by atoms with Crippen molar-refractivity contribution in [2.24, 2.45) is 11.1 Å². The Kier molecular flexibility index (Phi) is 5.09. The molecule has 5 nitrogen and oxygen atoms in total. The van der Waals surface area contributed by atoms with E-state index in [9.17, 15) is 9.90 Å². The Hall–Kier alpha value is -1.62. The minimum atomic E-state index is -0.282. The Morgan fingerprint density at radius 3 is 2.89 bits per heavy atom. The van der Waals surface area contributed by atoms with E-state index in [2.05, 4.69) is 24.1 Å². The zero-order chi connectivity index (χ0) is 13.6. The molecule has 0 atom stereocenters. The monoisotopic (exact) mass is 251 g/mol. The highest BCUT2D eigenvalue weighted by Gasteiger charge is 2.19. The molecule has 0 aliphatic heterocycles. The quantitative estimate of drug-likeness (QED) is 0.710. The van der Waals surface area contributed by atoms with E-state index < -0.39 is 0 Å². The smallest absolute Gasteiger partial charge is 0.255 e. The number of nitrogens with zero attached hydrogens (tertiary/aromatic N) is 1. The van der Waals surface area contributed by atoms with Gasteiger partial charge < -0.3 is 16.2 Å². The number of carbonyl (C=O) groups excluding carboxylic acids is 1. The molecule has 0 radical (unpaired) electrons. The van der Waals surface area contributed by atoms with Crippen LogP contribution in [0, 0.1) is 5.41 Å². The molecule has 1 heterocycles. The number of pyridine rings is 1. The first kappa shape index (κ1) is 14.4. The third-order valence-corrected chi connectivity index (χ3v) is 2.83. The highest BCUT2D eigenvalue weighted by Crippen LogP contribution is 2.21. The van der Waals surface area contributed by atoms with Crippen LogP contribution in [0.15, 0.2) is 18.5 Å². The molecule has 0 aliphatic carbocycles. The lowest BCUT2D eigenvalue weighted by Crippen LogP contribution is -2.34. The topological polar surface area (TPSA) is 88.2 Å². The van der Waals surface area contributed by atoms with Crippen molar-refractivity contribution in [3.05, 3.63) is 24.0 Å². The van der Waals surface area contributed by atoms with Crippen molar-refractivity contribution in [3.8, 4) is 5.75 Å². The number of nitrogens with one attached hydrogen (secondary N) is 1. The maximum absolute atomic E-state index is 11.9. The second kappa shape index (κ2) is 6.35. The number of hydrogen-bond acceptors (Lipinski definition) is 4. The minimum absolute atomic E-state index is 0.00230. The molecule has 100 valence electrons. The van der Waals surface area contributed by atoms with Crippen LogP contribution in [0.3, 0.4) is 0 Å². The highest BCUT2D eigenvalue weighted by molar-refractivity contribution is 5.96. The number of carbonyl (C=O) groups is 1. The summed E-state index contributed by atoms with van der Waals surface area (Å²) in [6, 6.07) is 1.50. The van der Waals surface area contributed by atoms with Gasteiger partial charge in [0.2, 0.25) is 0 Å². The molecule has 0 saturated heterocycles. The predicted octanol–water partition coefficient (Wildman–Crippen LogP) is 1.28. The minimum Gasteiger partial charge on any atom is -0.505 e. The molecule has 5 heteroatoms. The van der Waals surface area contributed by atoms with E-state index in [1.807, 2.05) is 0 Å². The number of aromatic nitrogens is 1. The Balaban J connectivity index is 2.54. The Morgan fingerprint density at radius 2 is 2.28 bits per heavy atom. The molecule has 1 amide bonds. The fourth-order valence-electron chi connectivity index (χ4n) is 1.66. The molecule has 0 unspecified atom stereocenters. The average molecular weight is 251 g/mol. The normalized spacial score (nSPS) is 11.3. The van der Waals surface area contributed by atoms with Gasteiger partial charge in [-0.15, -0.1) is 0 Å². The van der Waals surface area contributed by atoms with Crippen molar-refractivity contribution in [3.63, 3.8) is 0 Å². The van der Waals surface area contributed by atoms with Gasteiger partial charge in [0.05, 0.1) is 11.8 Å². The molecule has 4 N–H and O–H groups in total. The van der Waals surface area contributed by atoms with Gasteiger partial charge in [-0.25, -0.2) is 0 Å². The number of hydrogen-bond donors (Lipinski definition) is 3. The first-order chi connectivity index (χ1) is 8.46. The van der Waals surface area contributed by atoms with Crippen LogP contribution in [0.1, 0.15) is 37.0 Å². The lowest BCUT2D eigenvalue weighted by Gasteiger charge is -2.24. The Labute approximate surface area is 107 Å². The molecule has 0 aliphatic rings. The summed E-state index contributed by atoms with van der Waals surface area (Å²) in [5.74, 6) is -0.384. The van der Waals surface area contributed by atoms with Crippen LogP contribution in [0.5, 0.6) is 5.75 Å². The van der Waals surface area contributed by atoms with E-state index in [1.54, 1.807) is 0 Å². The van der Waals surface area contributed by atoms with Crippen LogP contribution >= 0.6 is 0 Å². The molecular weight excluding hydrogens is 230 g/mol. The second-order valence-electron chi connectivity index (χ2n) is 5.13. The van der Waals surface area contributed by atoms with Gasteiger partial charge in [0.15, 0.2) is 0 Å². The van der Waals surface area contributed by atoms with E-state index in [0.29, 0.717) is 13.1 Å². The van der Waals surface area contributed by atoms with Crippen molar-refractivity contribution in [1.82, 2.24) is 10.3 Å². The fraction of sp³-hybridized carbons (Fsp3) is 0.538. The summed E-state index contributed by atoms with van der Waals surface area (Å²) in [4.78, 5) is 15.6. The molecule has 0 fully saturated rings. The molecule has 0 saturated carbocycles. The summed E-state index contributed by atoms with van der Waals surface area (Å²) in [6.07, 6.45) is 4.62. The van der Waals surface area contributed by atoms with Gasteiger partial charge in [-0.2, -0.15) is 0 Å². The van der Waals surface area contributed by atoms with Crippen LogP contribution in [-0.2, 0) is 0 Å². The van der Waals surface area contributed by atoms with Crippen LogP contribution in [0.4, 0.5) is 0 Å². The first-order valence-corrected chi connectivity index (χ1v) is 6.07. The van der Waals surface area contributed by atoms with Gasteiger partial charge in [-0.3, -0.25) is 9.78 Å². The average Bonchev–Trinajstić information content (AvgIpc) is 2.34. The second-order valence-corrected chi connectivity index (χ2v) is 5.13. The van der Waals surface area contributed by atoms with E-state index in [-0.39, 0.29) is 22.6 Å². The van der Waals surface area contributed by atoms with Crippen LogP contribution in [-0.4, -0.2) is 29.1 Å². The van der Waals surface area contributed by atoms with E-state index in [4.69, 9.17) is 5.73 Å². The lowest BCUT2D eigenvalue weighted by molar-refractivity contribution is 0.0931. The fourth-order valence-corrected chi connectivity index (χ4v) is 1.66. The molecule has 0 spiro atoms. The molecule has 1 rings (SSSR count). The van der Waals surface area contributed by atoms with Crippen LogP contribution in [0.25, 0.3) is 0 Å². The number of nitrogens with two attached hydrogens (primary N) is 1. The first-order valence-electron chi connectivity index (χ1n) is 6.07. The molecular formula is C13H21N3O2. The zero-order valence-electron chi connectivity index (χ0n) is 10.9. The largest absolute Gasteiger partial charge is 0.505 e. The molecule has 1 aromatic heterocycles. The Bertz CT molecular complexity index is 405. The summed E-state index contributed by atoms with van der Waals surface area (Å²) in [6.45, 7) is 5.36. The van der Waals surface area contributed by atoms with Gasteiger partial charge in [-0.05, 0) is 30.9 Å². The number of aromatic hydroxyl groups is 1. The zero-order valence-corrected chi connectivity index (χ0v) is 10.9. The van der Waals surface area contributed by atoms with Gasteiger partial charge in [0.25, 0.3) is 5.91 Å². The SMILES string of the molecule is CC(C)(CCCN)CNC(=O)c1ccncc1O. The third-order valence-electron chi connectivity index (χ3n) is 2.83. The van der Waals surface area contributed by atoms with Crippen molar-refractivity contribution in [2.45, 2.75) is 26.7 Å². The van der Waals surface area contributed by atoms with Gasteiger partial charge >= 0.3 is 0 Å². The Morgan fingerprint density at radius 1 is 1.56 bits per heavy atom. The van der Waals surface area contributed by atoms with Crippen molar-refractivity contribution >= 4 is 5.91 Å². The predicted molar refractivity (Wildman–Crippen MR) is 70.3 cm³/mol. The summed E-state index contributed by atoms with van der Waals surface area (Å²) >= 11 is 0. The standard InChI is InChI=1S/C13H21N3O2/c1-13(2,5-3-6-14)9-16-12(18)10-4-7-15-8-11(10)17/h4,7-8,17H,3,5-6,9,14H2,1-2H3,(H,16,18). The lowest BCUT2D eigenvalue weighted by atomic mass is 9.87. The van der Waals surface area contributed by atoms with Gasteiger partial charge in [0.1, 0.15) is 5.75 Å². The van der Waals surface area contributed by atoms with Gasteiger partial charge in [-0.1, -0.05) is 13.8 Å². The van der Waals surface area contributed by atoms with Crippen LogP contribution < -0.4 is 11.1 Å². The van der Waals surface area contributed by atoms with Crippen molar-refractivity contribution < 1.29 is 9.90 Å². The maximum Gasteiger partial charge on any atom is 0.255 e. The van der Waals surface area contributed by atoms with Gasteiger partial charge in [0, 0.05) is 12.7 Å². The maximum atomic E-state index is 11.9. The summed E-state index contributed by atoms with van der Waals surface area (Å²) in [5.41, 5.74) is 5.72. The van der Waals surface area contributed by atoms with Crippen LogP contribution in [0.2, 0.25) is 0 Å². The van der Waals surface area contributed by atoms with E-state index >= 15 is 0 Å². The van der Waals surface area contributed by atoms with Crippen molar-refractivity contribution in [1.29, 1.82) is 0 Å². The van der Waals surface area contributed by atoms with E-state index in [0.717, 1.165) is 12.8 Å². The highest BCUT2D eigenvalue weighted by atomic mass is 16.3.